The van der Waals surface area contributed by atoms with E-state index in [0.29, 0.717) is 25.3 Å². The number of carboxylic acid groups (broad SMARTS) is 1. The standard InChI is InChI=1S/C15H22N2O3/c1-9(2)12-6-11(15(19)20)7-14(16-12)17-5-4-13(18)10(3)8-17/h6-7,9-10,13,18H,4-5,8H2,1-3H3,(H,19,20). The highest BCUT2D eigenvalue weighted by atomic mass is 16.4. The highest BCUT2D eigenvalue weighted by Crippen LogP contribution is 2.25. The molecule has 1 saturated heterocycles. The van der Waals surface area contributed by atoms with E-state index in [0.717, 1.165) is 5.69 Å². The van der Waals surface area contributed by atoms with Gasteiger partial charge in [0.25, 0.3) is 0 Å². The number of anilines is 1. The molecular formula is C15H22N2O3. The fourth-order valence-corrected chi connectivity index (χ4v) is 2.46. The van der Waals surface area contributed by atoms with Crippen LogP contribution in [0.3, 0.4) is 0 Å². The zero-order valence-corrected chi connectivity index (χ0v) is 12.2. The highest BCUT2D eigenvalue weighted by Gasteiger charge is 2.26. The molecular weight excluding hydrogens is 256 g/mol. The first-order chi connectivity index (χ1) is 9.38. The van der Waals surface area contributed by atoms with Crippen molar-refractivity contribution in [2.45, 2.75) is 39.2 Å². The van der Waals surface area contributed by atoms with E-state index < -0.39 is 5.97 Å². The average Bonchev–Trinajstić information content (AvgIpc) is 2.41. The molecule has 0 aromatic carbocycles. The SMILES string of the molecule is CC(C)c1cc(C(=O)O)cc(N2CCC(O)C(C)C2)n1. The van der Waals surface area contributed by atoms with Gasteiger partial charge in [-0.25, -0.2) is 9.78 Å². The van der Waals surface area contributed by atoms with Gasteiger partial charge < -0.3 is 15.1 Å². The van der Waals surface area contributed by atoms with Gasteiger partial charge in [-0.1, -0.05) is 20.8 Å². The van der Waals surface area contributed by atoms with Crippen LogP contribution in [0.15, 0.2) is 12.1 Å². The number of carbonyl (C=O) groups is 1. The molecule has 1 aliphatic rings. The molecule has 1 aromatic rings. The normalized spacial score (nSPS) is 23.1. The van der Waals surface area contributed by atoms with Crippen molar-refractivity contribution in [3.8, 4) is 0 Å². The second-order valence-electron chi connectivity index (χ2n) is 5.88. The zero-order chi connectivity index (χ0) is 14.9. The molecule has 0 bridgehead atoms. The van der Waals surface area contributed by atoms with Gasteiger partial charge in [-0.15, -0.1) is 0 Å². The van der Waals surface area contributed by atoms with Crippen LogP contribution >= 0.6 is 0 Å². The fraction of sp³-hybridized carbons (Fsp3) is 0.600. The van der Waals surface area contributed by atoms with Gasteiger partial charge in [0.05, 0.1) is 11.7 Å². The molecule has 110 valence electrons. The molecule has 2 rings (SSSR count). The van der Waals surface area contributed by atoms with E-state index in [9.17, 15) is 15.0 Å². The van der Waals surface area contributed by atoms with Crippen LogP contribution in [0.4, 0.5) is 5.82 Å². The number of hydrogen-bond donors (Lipinski definition) is 2. The Kier molecular flexibility index (Phi) is 4.28. The van der Waals surface area contributed by atoms with Crippen LogP contribution in [0.1, 0.15) is 49.2 Å². The summed E-state index contributed by atoms with van der Waals surface area (Å²) in [6.07, 6.45) is 0.412. The van der Waals surface area contributed by atoms with Gasteiger partial charge in [-0.05, 0) is 30.4 Å². The second-order valence-corrected chi connectivity index (χ2v) is 5.88. The second kappa shape index (κ2) is 5.79. The predicted molar refractivity (Wildman–Crippen MR) is 77.3 cm³/mol. The van der Waals surface area contributed by atoms with Crippen LogP contribution in [0.25, 0.3) is 0 Å². The van der Waals surface area contributed by atoms with Gasteiger partial charge in [0.1, 0.15) is 5.82 Å². The van der Waals surface area contributed by atoms with Gasteiger partial charge in [0.15, 0.2) is 0 Å². The largest absolute Gasteiger partial charge is 0.478 e. The minimum absolute atomic E-state index is 0.168. The summed E-state index contributed by atoms with van der Waals surface area (Å²) < 4.78 is 0. The molecule has 0 amide bonds. The van der Waals surface area contributed by atoms with E-state index in [1.807, 2.05) is 20.8 Å². The number of aromatic nitrogens is 1. The number of nitrogens with zero attached hydrogens (tertiary/aromatic N) is 2. The zero-order valence-electron chi connectivity index (χ0n) is 12.2. The smallest absolute Gasteiger partial charge is 0.335 e. The fourth-order valence-electron chi connectivity index (χ4n) is 2.46. The lowest BCUT2D eigenvalue weighted by atomic mass is 9.96. The lowest BCUT2D eigenvalue weighted by Crippen LogP contribution is -2.42. The maximum absolute atomic E-state index is 11.2. The van der Waals surface area contributed by atoms with Crippen molar-refractivity contribution in [3.63, 3.8) is 0 Å². The molecule has 5 nitrogen and oxygen atoms in total. The van der Waals surface area contributed by atoms with Crippen molar-refractivity contribution in [2.75, 3.05) is 18.0 Å². The summed E-state index contributed by atoms with van der Waals surface area (Å²) in [5, 5.41) is 19.0. The Morgan fingerprint density at radius 1 is 1.45 bits per heavy atom. The molecule has 2 N–H and O–H groups in total. The molecule has 0 saturated carbocycles. The molecule has 2 heterocycles. The molecule has 20 heavy (non-hydrogen) atoms. The predicted octanol–water partition coefficient (Wildman–Crippen LogP) is 2.11. The quantitative estimate of drug-likeness (QED) is 0.886. The number of piperidine rings is 1. The van der Waals surface area contributed by atoms with Gasteiger partial charge in [0.2, 0.25) is 0 Å². The van der Waals surface area contributed by atoms with Crippen molar-refractivity contribution >= 4 is 11.8 Å². The molecule has 1 fully saturated rings. The van der Waals surface area contributed by atoms with Crippen LogP contribution in [0, 0.1) is 5.92 Å². The number of hydrogen-bond acceptors (Lipinski definition) is 4. The first kappa shape index (κ1) is 14.8. The topological polar surface area (TPSA) is 73.7 Å². The molecule has 1 aromatic heterocycles. The third-order valence-electron chi connectivity index (χ3n) is 3.85. The van der Waals surface area contributed by atoms with Gasteiger partial charge in [0, 0.05) is 18.8 Å². The van der Waals surface area contributed by atoms with E-state index in [1.165, 1.54) is 0 Å². The summed E-state index contributed by atoms with van der Waals surface area (Å²) in [7, 11) is 0. The minimum atomic E-state index is -0.930. The summed E-state index contributed by atoms with van der Waals surface area (Å²) in [4.78, 5) is 17.9. The van der Waals surface area contributed by atoms with Crippen LogP contribution in [-0.4, -0.2) is 40.4 Å². The Morgan fingerprint density at radius 3 is 2.70 bits per heavy atom. The van der Waals surface area contributed by atoms with Crippen LogP contribution < -0.4 is 4.90 Å². The van der Waals surface area contributed by atoms with E-state index in [1.54, 1.807) is 12.1 Å². The van der Waals surface area contributed by atoms with Crippen LogP contribution in [0.5, 0.6) is 0 Å². The Bertz CT molecular complexity index is 502. The molecule has 0 aliphatic carbocycles. The Hall–Kier alpha value is -1.62. The van der Waals surface area contributed by atoms with Gasteiger partial charge in [-0.2, -0.15) is 0 Å². The number of aliphatic hydroxyl groups excluding tert-OH is 1. The van der Waals surface area contributed by atoms with E-state index >= 15 is 0 Å². The average molecular weight is 278 g/mol. The van der Waals surface area contributed by atoms with Crippen LogP contribution in [-0.2, 0) is 0 Å². The first-order valence-corrected chi connectivity index (χ1v) is 7.06. The monoisotopic (exact) mass is 278 g/mol. The van der Waals surface area contributed by atoms with Crippen molar-refractivity contribution in [1.82, 2.24) is 4.98 Å². The summed E-state index contributed by atoms with van der Waals surface area (Å²) >= 11 is 0. The summed E-state index contributed by atoms with van der Waals surface area (Å²) in [6.45, 7) is 7.41. The third kappa shape index (κ3) is 3.10. The number of pyridine rings is 1. The van der Waals surface area contributed by atoms with Crippen molar-refractivity contribution < 1.29 is 15.0 Å². The van der Waals surface area contributed by atoms with E-state index in [2.05, 4.69) is 9.88 Å². The summed E-state index contributed by atoms with van der Waals surface area (Å²) in [5.74, 6) is 0.121. The molecule has 2 unspecified atom stereocenters. The number of aromatic carboxylic acids is 1. The molecule has 0 spiro atoms. The van der Waals surface area contributed by atoms with Crippen molar-refractivity contribution in [2.24, 2.45) is 5.92 Å². The first-order valence-electron chi connectivity index (χ1n) is 7.06. The lowest BCUT2D eigenvalue weighted by Gasteiger charge is -2.35. The van der Waals surface area contributed by atoms with Crippen molar-refractivity contribution in [3.05, 3.63) is 23.4 Å². The Balaban J connectivity index is 2.33. The molecule has 1 aliphatic heterocycles. The maximum atomic E-state index is 11.2. The Morgan fingerprint density at radius 2 is 2.15 bits per heavy atom. The number of carboxylic acids is 1. The minimum Gasteiger partial charge on any atom is -0.478 e. The highest BCUT2D eigenvalue weighted by molar-refractivity contribution is 5.88. The van der Waals surface area contributed by atoms with Crippen molar-refractivity contribution in [1.29, 1.82) is 0 Å². The third-order valence-corrected chi connectivity index (χ3v) is 3.85. The lowest BCUT2D eigenvalue weighted by molar-refractivity contribution is 0.0696. The number of aliphatic hydroxyl groups is 1. The summed E-state index contributed by atoms with van der Waals surface area (Å²) in [5.41, 5.74) is 1.07. The summed E-state index contributed by atoms with van der Waals surface area (Å²) in [6, 6.07) is 3.26. The number of rotatable bonds is 3. The molecule has 0 radical (unpaired) electrons. The van der Waals surface area contributed by atoms with Crippen LogP contribution in [0.2, 0.25) is 0 Å². The Labute approximate surface area is 119 Å². The van der Waals surface area contributed by atoms with Gasteiger partial charge >= 0.3 is 5.97 Å². The molecule has 2 atom stereocenters. The van der Waals surface area contributed by atoms with E-state index in [-0.39, 0.29) is 23.5 Å². The molecule has 5 heteroatoms. The van der Waals surface area contributed by atoms with E-state index in [4.69, 9.17) is 0 Å². The van der Waals surface area contributed by atoms with Gasteiger partial charge in [-0.3, -0.25) is 0 Å². The maximum Gasteiger partial charge on any atom is 0.335 e.